The third-order valence-electron chi connectivity index (χ3n) is 3.71. The Morgan fingerprint density at radius 3 is 1.39 bits per heavy atom. The maximum Gasteiger partial charge on any atom is 0.301 e. The average molecular weight is 405 g/mol. The summed E-state index contributed by atoms with van der Waals surface area (Å²) < 4.78 is 11.3. The molecule has 7 heteroatoms. The Labute approximate surface area is 156 Å². The van der Waals surface area contributed by atoms with Crippen LogP contribution in [0, 0.1) is 0 Å². The van der Waals surface area contributed by atoms with Crippen molar-refractivity contribution in [1.29, 1.82) is 0 Å². The molecule has 0 aliphatic rings. The molecular weight excluding hydrogens is 367 g/mol. The van der Waals surface area contributed by atoms with Crippen LogP contribution in [0.15, 0.2) is 0 Å². The van der Waals surface area contributed by atoms with Gasteiger partial charge in [-0.3, -0.25) is 0 Å². The predicted molar refractivity (Wildman–Crippen MR) is 113 cm³/mol. The highest BCUT2D eigenvalue weighted by Gasteiger charge is 2.19. The lowest BCUT2D eigenvalue weighted by molar-refractivity contribution is 0.190. The van der Waals surface area contributed by atoms with E-state index in [-0.39, 0.29) is 0 Å². The Balaban J connectivity index is 3.83. The number of hydrogen-bond donors (Lipinski definition) is 3. The van der Waals surface area contributed by atoms with E-state index >= 15 is 0 Å². The fourth-order valence-corrected chi connectivity index (χ4v) is 5.95. The molecule has 0 aromatic rings. The molecule has 142 valence electrons. The molecule has 0 amide bonds. The SMILES string of the molecule is CCCCCCCCOP(O)(OCCCCCCCC)=S(S)S. The van der Waals surface area contributed by atoms with Gasteiger partial charge >= 0.3 is 6.72 Å². The largest absolute Gasteiger partial charge is 0.327 e. The molecule has 0 radical (unpaired) electrons. The van der Waals surface area contributed by atoms with E-state index in [1.54, 1.807) is 0 Å². The van der Waals surface area contributed by atoms with Crippen molar-refractivity contribution in [2.75, 3.05) is 13.2 Å². The zero-order valence-corrected chi connectivity index (χ0v) is 18.4. The Hall–Kier alpha value is 1.36. The van der Waals surface area contributed by atoms with Gasteiger partial charge in [0.15, 0.2) is 0 Å². The average Bonchev–Trinajstić information content (AvgIpc) is 2.53. The van der Waals surface area contributed by atoms with E-state index in [1.807, 2.05) is 0 Å². The van der Waals surface area contributed by atoms with Crippen molar-refractivity contribution in [2.24, 2.45) is 0 Å². The van der Waals surface area contributed by atoms with Crippen molar-refractivity contribution in [1.82, 2.24) is 0 Å². The molecule has 1 N–H and O–H groups in total. The highest BCUT2D eigenvalue weighted by Crippen LogP contribution is 2.52. The van der Waals surface area contributed by atoms with Gasteiger partial charge in [-0.25, -0.2) is 0 Å². The van der Waals surface area contributed by atoms with Gasteiger partial charge in [-0.05, 0) is 21.0 Å². The van der Waals surface area contributed by atoms with Crippen LogP contribution in [0.4, 0.5) is 0 Å². The van der Waals surface area contributed by atoms with E-state index in [0.717, 1.165) is 25.7 Å². The van der Waals surface area contributed by atoms with Crippen LogP contribution in [0.3, 0.4) is 0 Å². The first-order valence-electron chi connectivity index (χ1n) is 9.10. The van der Waals surface area contributed by atoms with E-state index in [4.69, 9.17) is 9.05 Å². The van der Waals surface area contributed by atoms with Gasteiger partial charge in [0, 0.05) is 0 Å². The Morgan fingerprint density at radius 1 is 0.696 bits per heavy atom. The molecule has 0 aliphatic carbocycles. The number of hydrogen-bond acceptors (Lipinski definition) is 2. The second-order valence-corrected chi connectivity index (χ2v) is 15.1. The highest BCUT2D eigenvalue weighted by atomic mass is 33.6. The molecule has 0 atom stereocenters. The van der Waals surface area contributed by atoms with Crippen LogP contribution in [-0.4, -0.2) is 18.1 Å². The molecule has 0 fully saturated rings. The molecular formula is C16H37O3PS3. The molecule has 23 heavy (non-hydrogen) atoms. The van der Waals surface area contributed by atoms with Gasteiger partial charge in [0.25, 0.3) is 0 Å². The number of unbranched alkanes of at least 4 members (excludes halogenated alkanes) is 10. The van der Waals surface area contributed by atoms with Crippen LogP contribution in [0.1, 0.15) is 90.9 Å². The van der Waals surface area contributed by atoms with Gasteiger partial charge < -0.3 is 13.9 Å². The molecule has 0 bridgehead atoms. The predicted octanol–water partition coefficient (Wildman–Crippen LogP) is 6.72. The minimum absolute atomic E-state index is 0.539. The van der Waals surface area contributed by atoms with Crippen molar-refractivity contribution < 1.29 is 13.9 Å². The Morgan fingerprint density at radius 2 is 1.04 bits per heavy atom. The molecule has 0 aromatic heterocycles. The molecule has 0 aliphatic heterocycles. The lowest BCUT2D eigenvalue weighted by Gasteiger charge is -2.21. The summed E-state index contributed by atoms with van der Waals surface area (Å²) >= 11 is 8.52. The first kappa shape index (κ1) is 24.4. The second-order valence-electron chi connectivity index (χ2n) is 5.92. The molecule has 0 aromatic carbocycles. The van der Waals surface area contributed by atoms with Crippen molar-refractivity contribution in [3.63, 3.8) is 0 Å². The lowest BCUT2D eigenvalue weighted by atomic mass is 10.1. The fraction of sp³-hybridized carbons (Fsp3) is 1.00. The summed E-state index contributed by atoms with van der Waals surface area (Å²) in [6, 6.07) is 0. The zero-order chi connectivity index (χ0) is 17.4. The van der Waals surface area contributed by atoms with Crippen molar-refractivity contribution in [3.05, 3.63) is 0 Å². The quantitative estimate of drug-likeness (QED) is 0.116. The molecule has 0 saturated heterocycles. The number of thiol groups is 2. The van der Waals surface area contributed by atoms with Crippen LogP contribution >= 0.6 is 30.0 Å². The van der Waals surface area contributed by atoms with E-state index in [1.165, 1.54) is 51.4 Å². The van der Waals surface area contributed by atoms with Crippen LogP contribution in [-0.2, 0) is 17.2 Å². The summed E-state index contributed by atoms with van der Waals surface area (Å²) in [5.74, 6) is 0. The minimum atomic E-state index is -2.91. The van der Waals surface area contributed by atoms with Gasteiger partial charge in [0.1, 0.15) is 0 Å². The zero-order valence-electron chi connectivity index (χ0n) is 14.9. The topological polar surface area (TPSA) is 38.7 Å². The smallest absolute Gasteiger partial charge is 0.301 e. The lowest BCUT2D eigenvalue weighted by Crippen LogP contribution is -2.01. The van der Waals surface area contributed by atoms with Gasteiger partial charge in [-0.1, -0.05) is 78.1 Å². The van der Waals surface area contributed by atoms with Gasteiger partial charge in [0.2, 0.25) is 0 Å². The van der Waals surface area contributed by atoms with Crippen molar-refractivity contribution in [2.45, 2.75) is 90.9 Å². The van der Waals surface area contributed by atoms with Crippen LogP contribution in [0.25, 0.3) is 0 Å². The third kappa shape index (κ3) is 14.2. The standard InChI is InChI=1S/C16H37O3PS3/c1-3-5-7-9-11-13-15-18-20(17,23(21)22)19-16-14-12-10-8-6-4-2/h17,21-22H,3-16H2,1-2H3. The highest BCUT2D eigenvalue weighted by molar-refractivity contribution is 9.04. The van der Waals surface area contributed by atoms with Crippen LogP contribution < -0.4 is 0 Å². The monoisotopic (exact) mass is 404 g/mol. The van der Waals surface area contributed by atoms with Crippen LogP contribution in [0.5, 0.6) is 0 Å². The van der Waals surface area contributed by atoms with E-state index in [2.05, 4.69) is 37.2 Å². The summed E-state index contributed by atoms with van der Waals surface area (Å²) in [5, 5.41) is 0. The Kier molecular flexibility index (Phi) is 17.8. The van der Waals surface area contributed by atoms with E-state index in [9.17, 15) is 4.89 Å². The van der Waals surface area contributed by atoms with Crippen molar-refractivity contribution >= 4 is 38.2 Å². The Bertz CT molecular complexity index is 302. The van der Waals surface area contributed by atoms with Gasteiger partial charge in [0.05, 0.1) is 13.2 Å². The summed E-state index contributed by atoms with van der Waals surface area (Å²) in [7, 11) is -0.828. The molecule has 0 unspecified atom stereocenters. The van der Waals surface area contributed by atoms with Crippen LogP contribution in [0.2, 0.25) is 0 Å². The fourth-order valence-electron chi connectivity index (χ4n) is 2.26. The van der Waals surface area contributed by atoms with Crippen molar-refractivity contribution in [3.8, 4) is 0 Å². The van der Waals surface area contributed by atoms with Gasteiger partial charge in [-0.2, -0.15) is 0 Å². The molecule has 0 saturated carbocycles. The summed E-state index contributed by atoms with van der Waals surface area (Å²) in [4.78, 5) is 10.5. The van der Waals surface area contributed by atoms with E-state index in [0.29, 0.717) is 13.2 Å². The summed E-state index contributed by atoms with van der Waals surface area (Å²) in [6.07, 6.45) is 14.4. The third-order valence-corrected chi connectivity index (χ3v) is 10.7. The minimum Gasteiger partial charge on any atom is -0.327 e. The molecule has 0 spiro atoms. The van der Waals surface area contributed by atoms with E-state index < -0.39 is 14.9 Å². The maximum atomic E-state index is 10.5. The molecule has 0 rings (SSSR count). The number of rotatable bonds is 16. The summed E-state index contributed by atoms with van der Waals surface area (Å²) in [5.41, 5.74) is 0. The molecule has 0 heterocycles. The first-order chi connectivity index (χ1) is 11.1. The molecule has 3 nitrogen and oxygen atoms in total. The summed E-state index contributed by atoms with van der Waals surface area (Å²) in [6.45, 7) is 2.61. The second kappa shape index (κ2) is 16.8. The van der Waals surface area contributed by atoms with Gasteiger partial charge in [-0.15, -0.1) is 23.3 Å². The maximum absolute atomic E-state index is 10.5. The normalized spacial score (nSPS) is 12.3. The first-order valence-corrected chi connectivity index (χ1v) is 14.6.